The van der Waals surface area contributed by atoms with Crippen LogP contribution in [0, 0.1) is 0 Å². The third-order valence-corrected chi connectivity index (χ3v) is 5.27. The van der Waals surface area contributed by atoms with Crippen LogP contribution in [-0.2, 0) is 17.5 Å². The Morgan fingerprint density at radius 3 is 2.41 bits per heavy atom. The highest BCUT2D eigenvalue weighted by Gasteiger charge is 2.38. The summed E-state index contributed by atoms with van der Waals surface area (Å²) >= 11 is 0. The van der Waals surface area contributed by atoms with Crippen molar-refractivity contribution in [2.75, 3.05) is 31.6 Å². The molecule has 0 atom stereocenters. The SMILES string of the molecule is O=C(c1ccc(-c2ccnc(NCc3ncc(-c4noc(C(F)(F)F)n4)cn3)n2)cn1)N1CCOCC1. The maximum atomic E-state index is 12.6. The van der Waals surface area contributed by atoms with E-state index in [1.807, 2.05) is 0 Å². The van der Waals surface area contributed by atoms with E-state index in [9.17, 15) is 18.0 Å². The van der Waals surface area contributed by atoms with Gasteiger partial charge in [0.2, 0.25) is 11.8 Å². The largest absolute Gasteiger partial charge is 0.471 e. The molecule has 5 rings (SSSR count). The molecule has 37 heavy (non-hydrogen) atoms. The van der Waals surface area contributed by atoms with Gasteiger partial charge < -0.3 is 19.5 Å². The monoisotopic (exact) mass is 513 g/mol. The Bertz CT molecular complexity index is 1370. The molecule has 0 bridgehead atoms. The van der Waals surface area contributed by atoms with E-state index in [1.54, 1.807) is 35.5 Å². The Morgan fingerprint density at radius 1 is 0.973 bits per heavy atom. The summed E-state index contributed by atoms with van der Waals surface area (Å²) in [6.07, 6.45) is 0.984. The predicted octanol–water partition coefficient (Wildman–Crippen LogP) is 2.48. The van der Waals surface area contributed by atoms with Crippen LogP contribution in [0.1, 0.15) is 22.2 Å². The molecular formula is C22H18F3N9O3. The van der Waals surface area contributed by atoms with E-state index in [1.165, 1.54) is 12.4 Å². The van der Waals surface area contributed by atoms with Crippen LogP contribution in [0.15, 0.2) is 47.5 Å². The number of amides is 1. The van der Waals surface area contributed by atoms with Crippen LogP contribution in [-0.4, -0.2) is 72.2 Å². The molecule has 1 aliphatic rings. The molecule has 1 aliphatic heterocycles. The number of nitrogens with zero attached hydrogens (tertiary/aromatic N) is 8. The zero-order valence-electron chi connectivity index (χ0n) is 19.0. The van der Waals surface area contributed by atoms with Crippen LogP contribution >= 0.6 is 0 Å². The number of hydrogen-bond acceptors (Lipinski definition) is 11. The number of alkyl halides is 3. The second-order valence-corrected chi connectivity index (χ2v) is 7.76. The molecule has 1 saturated heterocycles. The molecule has 4 aromatic rings. The fourth-order valence-electron chi connectivity index (χ4n) is 3.38. The van der Waals surface area contributed by atoms with E-state index in [2.05, 4.69) is 44.9 Å². The van der Waals surface area contributed by atoms with Gasteiger partial charge in [0.05, 0.1) is 31.0 Å². The van der Waals surface area contributed by atoms with Crippen LogP contribution in [0.5, 0.6) is 0 Å². The van der Waals surface area contributed by atoms with E-state index in [4.69, 9.17) is 4.74 Å². The van der Waals surface area contributed by atoms with Gasteiger partial charge in [0.25, 0.3) is 5.91 Å². The van der Waals surface area contributed by atoms with Gasteiger partial charge in [-0.15, -0.1) is 0 Å². The number of carbonyl (C=O) groups excluding carboxylic acids is 1. The number of pyridine rings is 1. The van der Waals surface area contributed by atoms with Crippen molar-refractivity contribution in [3.05, 3.63) is 60.4 Å². The van der Waals surface area contributed by atoms with Gasteiger partial charge in [-0.3, -0.25) is 9.78 Å². The number of halogens is 3. The maximum Gasteiger partial charge on any atom is 0.471 e. The average molecular weight is 513 g/mol. The Labute approximate surface area is 207 Å². The van der Waals surface area contributed by atoms with Crippen LogP contribution in [0.25, 0.3) is 22.6 Å². The first kappa shape index (κ1) is 24.2. The maximum absolute atomic E-state index is 12.6. The molecule has 190 valence electrons. The van der Waals surface area contributed by atoms with Crippen molar-refractivity contribution in [2.24, 2.45) is 0 Å². The molecule has 0 radical (unpaired) electrons. The fourth-order valence-corrected chi connectivity index (χ4v) is 3.38. The number of aromatic nitrogens is 7. The number of carbonyl (C=O) groups is 1. The predicted molar refractivity (Wildman–Crippen MR) is 120 cm³/mol. The molecule has 5 heterocycles. The summed E-state index contributed by atoms with van der Waals surface area (Å²) in [7, 11) is 0. The molecule has 1 fully saturated rings. The first-order valence-electron chi connectivity index (χ1n) is 11.0. The van der Waals surface area contributed by atoms with Crippen molar-refractivity contribution >= 4 is 11.9 Å². The Hall–Kier alpha value is -4.53. The molecule has 0 saturated carbocycles. The molecule has 1 amide bonds. The van der Waals surface area contributed by atoms with Crippen molar-refractivity contribution in [1.29, 1.82) is 0 Å². The highest BCUT2D eigenvalue weighted by Crippen LogP contribution is 2.29. The van der Waals surface area contributed by atoms with Gasteiger partial charge in [-0.2, -0.15) is 18.2 Å². The van der Waals surface area contributed by atoms with E-state index >= 15 is 0 Å². The van der Waals surface area contributed by atoms with Gasteiger partial charge in [-0.25, -0.2) is 19.9 Å². The molecule has 0 spiro atoms. The third kappa shape index (κ3) is 5.66. The molecule has 0 aromatic carbocycles. The molecule has 4 aromatic heterocycles. The van der Waals surface area contributed by atoms with Crippen LogP contribution in [0.4, 0.5) is 19.1 Å². The average Bonchev–Trinajstić information content (AvgIpc) is 3.44. The van der Waals surface area contributed by atoms with Gasteiger partial charge in [0, 0.05) is 43.4 Å². The van der Waals surface area contributed by atoms with Crippen LogP contribution in [0.2, 0.25) is 0 Å². The molecule has 15 heteroatoms. The van der Waals surface area contributed by atoms with Crippen molar-refractivity contribution in [1.82, 2.24) is 40.0 Å². The minimum Gasteiger partial charge on any atom is -0.378 e. The number of morpholine rings is 1. The summed E-state index contributed by atoms with van der Waals surface area (Å²) in [5.74, 6) is -1.23. The standard InChI is InChI=1S/C22H18F3N9O3/c23-22(24,25)20-32-18(33-37-20)14-10-28-17(29-11-14)12-30-21-26-4-3-15(31-21)13-1-2-16(27-9-13)19(35)34-5-7-36-8-6-34/h1-4,9-11H,5-8,12H2,(H,26,30,31). The topological polar surface area (TPSA) is 145 Å². The summed E-state index contributed by atoms with van der Waals surface area (Å²) < 4.78 is 47.4. The molecule has 0 unspecified atom stereocenters. The first-order valence-corrected chi connectivity index (χ1v) is 11.0. The lowest BCUT2D eigenvalue weighted by atomic mass is 10.2. The van der Waals surface area contributed by atoms with Crippen LogP contribution < -0.4 is 5.32 Å². The van der Waals surface area contributed by atoms with Gasteiger partial charge in [0.1, 0.15) is 11.5 Å². The first-order chi connectivity index (χ1) is 17.9. The summed E-state index contributed by atoms with van der Waals surface area (Å²) in [5.41, 5.74) is 1.80. The van der Waals surface area contributed by atoms with Crippen molar-refractivity contribution < 1.29 is 27.2 Å². The van der Waals surface area contributed by atoms with Crippen LogP contribution in [0.3, 0.4) is 0 Å². The summed E-state index contributed by atoms with van der Waals surface area (Å²) in [4.78, 5) is 38.7. The minimum atomic E-state index is -4.73. The fraction of sp³-hybridized carbons (Fsp3) is 0.273. The van der Waals surface area contributed by atoms with E-state index < -0.39 is 12.1 Å². The van der Waals surface area contributed by atoms with Crippen molar-refractivity contribution in [3.8, 4) is 22.6 Å². The highest BCUT2D eigenvalue weighted by molar-refractivity contribution is 5.92. The van der Waals surface area contributed by atoms with Gasteiger partial charge in [0.15, 0.2) is 0 Å². The Balaban J connectivity index is 1.21. The van der Waals surface area contributed by atoms with Gasteiger partial charge >= 0.3 is 12.1 Å². The van der Waals surface area contributed by atoms with Crippen molar-refractivity contribution in [2.45, 2.75) is 12.7 Å². The Kier molecular flexibility index (Phi) is 6.68. The quantitative estimate of drug-likeness (QED) is 0.406. The number of hydrogen-bond donors (Lipinski definition) is 1. The zero-order chi connectivity index (χ0) is 25.8. The molecular weight excluding hydrogens is 495 g/mol. The number of ether oxygens (including phenoxy) is 1. The summed E-state index contributed by atoms with van der Waals surface area (Å²) in [6.45, 7) is 2.24. The summed E-state index contributed by atoms with van der Waals surface area (Å²) in [6, 6.07) is 5.12. The number of nitrogens with one attached hydrogen (secondary N) is 1. The smallest absolute Gasteiger partial charge is 0.378 e. The van der Waals surface area contributed by atoms with Gasteiger partial charge in [-0.05, 0) is 18.2 Å². The van der Waals surface area contributed by atoms with E-state index in [0.29, 0.717) is 55.0 Å². The van der Waals surface area contributed by atoms with Gasteiger partial charge in [-0.1, -0.05) is 5.16 Å². The highest BCUT2D eigenvalue weighted by atomic mass is 19.4. The second kappa shape index (κ2) is 10.2. The lowest BCUT2D eigenvalue weighted by Gasteiger charge is -2.26. The van der Waals surface area contributed by atoms with E-state index in [-0.39, 0.29) is 23.8 Å². The zero-order valence-corrected chi connectivity index (χ0v) is 19.0. The molecule has 1 N–H and O–H groups in total. The molecule has 12 nitrogen and oxygen atoms in total. The second-order valence-electron chi connectivity index (χ2n) is 7.76. The normalized spacial score (nSPS) is 14.0. The lowest BCUT2D eigenvalue weighted by molar-refractivity contribution is -0.159. The van der Waals surface area contributed by atoms with Crippen molar-refractivity contribution in [3.63, 3.8) is 0 Å². The lowest BCUT2D eigenvalue weighted by Crippen LogP contribution is -2.41. The molecule has 0 aliphatic carbocycles. The number of anilines is 1. The van der Waals surface area contributed by atoms with E-state index in [0.717, 1.165) is 0 Å². The third-order valence-electron chi connectivity index (χ3n) is 5.27. The summed E-state index contributed by atoms with van der Waals surface area (Å²) in [5, 5.41) is 6.29. The number of rotatable bonds is 6. The Morgan fingerprint density at radius 2 is 1.73 bits per heavy atom. The minimum absolute atomic E-state index is 0.147.